The topological polar surface area (TPSA) is 74.6 Å². The highest BCUT2D eigenvalue weighted by atomic mass is 35.5. The van der Waals surface area contributed by atoms with Crippen molar-refractivity contribution in [3.8, 4) is 11.5 Å². The van der Waals surface area contributed by atoms with Gasteiger partial charge < -0.3 is 19.5 Å². The number of carbonyl (C=O) groups is 1. The van der Waals surface area contributed by atoms with E-state index in [1.807, 2.05) is 47.1 Å². The number of hydrogen-bond acceptors (Lipinski definition) is 5. The summed E-state index contributed by atoms with van der Waals surface area (Å²) in [5.74, 6) is 1.15. The Bertz CT molecular complexity index is 1070. The number of carbonyl (C=O) groups excluding carboxylic acids is 1. The van der Waals surface area contributed by atoms with Crippen LogP contribution < -0.4 is 14.8 Å². The van der Waals surface area contributed by atoms with Gasteiger partial charge in [-0.1, -0.05) is 29.8 Å². The van der Waals surface area contributed by atoms with Crippen molar-refractivity contribution in [2.75, 3.05) is 20.8 Å². The third-order valence-corrected chi connectivity index (χ3v) is 5.51. The number of amides is 1. The molecule has 0 aliphatic carbocycles. The molecule has 1 aliphatic rings. The van der Waals surface area contributed by atoms with Crippen LogP contribution in [0.25, 0.3) is 0 Å². The molecule has 2 heterocycles. The predicted octanol–water partition coefficient (Wildman–Crippen LogP) is 3.80. The van der Waals surface area contributed by atoms with Crippen molar-refractivity contribution in [1.29, 1.82) is 0 Å². The minimum atomic E-state index is -0.203. The van der Waals surface area contributed by atoms with Crippen molar-refractivity contribution in [1.82, 2.24) is 15.1 Å². The molecule has 0 bridgehead atoms. The van der Waals surface area contributed by atoms with E-state index in [9.17, 15) is 4.79 Å². The van der Waals surface area contributed by atoms with E-state index in [0.29, 0.717) is 48.3 Å². The van der Waals surface area contributed by atoms with Gasteiger partial charge in [0.15, 0.2) is 17.2 Å². The van der Waals surface area contributed by atoms with Gasteiger partial charge >= 0.3 is 0 Å². The van der Waals surface area contributed by atoms with Crippen LogP contribution in [0.5, 0.6) is 11.5 Å². The van der Waals surface area contributed by atoms with Gasteiger partial charge in [-0.25, -0.2) is 0 Å². The molecule has 1 aliphatic heterocycles. The smallest absolute Gasteiger partial charge is 0.271 e. The molecule has 0 unspecified atom stereocenters. The predicted molar refractivity (Wildman–Crippen MR) is 117 cm³/mol. The molecule has 0 radical (unpaired) electrons. The lowest BCUT2D eigenvalue weighted by molar-refractivity contribution is -0.00119. The maximum absolute atomic E-state index is 12.6. The third kappa shape index (κ3) is 4.84. The van der Waals surface area contributed by atoms with Gasteiger partial charge in [0.05, 0.1) is 33.1 Å². The zero-order valence-corrected chi connectivity index (χ0v) is 18.2. The molecule has 31 heavy (non-hydrogen) atoms. The number of methoxy groups -OCH3 is 2. The van der Waals surface area contributed by atoms with Gasteiger partial charge in [0.1, 0.15) is 6.10 Å². The molecule has 1 aromatic heterocycles. The van der Waals surface area contributed by atoms with Crippen molar-refractivity contribution in [3.05, 3.63) is 76.1 Å². The number of hydrogen-bond donors (Lipinski definition) is 1. The fourth-order valence-corrected chi connectivity index (χ4v) is 3.69. The lowest BCUT2D eigenvalue weighted by Crippen LogP contribution is -2.26. The number of ether oxygens (including phenoxy) is 3. The summed E-state index contributed by atoms with van der Waals surface area (Å²) in [6.07, 6.45) is 0.548. The van der Waals surface area contributed by atoms with Crippen LogP contribution in [0.1, 0.15) is 33.4 Å². The van der Waals surface area contributed by atoms with Crippen molar-refractivity contribution < 1.29 is 19.0 Å². The summed E-state index contributed by atoms with van der Waals surface area (Å²) in [5.41, 5.74) is 3.35. The first-order chi connectivity index (χ1) is 15.1. The van der Waals surface area contributed by atoms with Crippen LogP contribution in [-0.2, 0) is 24.3 Å². The third-order valence-electron chi connectivity index (χ3n) is 5.26. The SMILES string of the molecule is COc1ccc(CCNC(=O)c2cc3n(n2)C[C@@H](c2ccc(Cl)cc2)OC3)cc1OC. The highest BCUT2D eigenvalue weighted by Crippen LogP contribution is 2.28. The number of benzene rings is 2. The molecule has 4 rings (SSSR count). The zero-order chi connectivity index (χ0) is 21.8. The normalized spacial score (nSPS) is 15.3. The number of nitrogens with one attached hydrogen (secondary N) is 1. The average molecular weight is 442 g/mol. The minimum Gasteiger partial charge on any atom is -0.493 e. The summed E-state index contributed by atoms with van der Waals surface area (Å²) in [5, 5.41) is 8.10. The second-order valence-electron chi connectivity index (χ2n) is 7.25. The Kier molecular flexibility index (Phi) is 6.44. The fraction of sp³-hybridized carbons (Fsp3) is 0.304. The lowest BCUT2D eigenvalue weighted by atomic mass is 10.1. The van der Waals surface area contributed by atoms with E-state index in [4.69, 9.17) is 25.8 Å². The van der Waals surface area contributed by atoms with Crippen LogP contribution >= 0.6 is 11.6 Å². The second kappa shape index (κ2) is 9.41. The van der Waals surface area contributed by atoms with Crippen molar-refractivity contribution in [2.24, 2.45) is 0 Å². The average Bonchev–Trinajstić information content (AvgIpc) is 3.23. The first-order valence-corrected chi connectivity index (χ1v) is 10.4. The Labute approximate surface area is 185 Å². The van der Waals surface area contributed by atoms with Crippen LogP contribution in [0.2, 0.25) is 5.02 Å². The number of fused-ring (bicyclic) bond motifs is 1. The minimum absolute atomic E-state index is 0.120. The maximum Gasteiger partial charge on any atom is 0.271 e. The molecule has 1 amide bonds. The second-order valence-corrected chi connectivity index (χ2v) is 7.69. The van der Waals surface area contributed by atoms with Gasteiger partial charge in [-0.15, -0.1) is 0 Å². The van der Waals surface area contributed by atoms with Gasteiger partial charge in [-0.3, -0.25) is 9.48 Å². The molecule has 0 saturated heterocycles. The number of nitrogens with zero attached hydrogens (tertiary/aromatic N) is 2. The lowest BCUT2D eigenvalue weighted by Gasteiger charge is -2.24. The molecule has 1 atom stereocenters. The van der Waals surface area contributed by atoms with E-state index in [2.05, 4.69) is 10.4 Å². The van der Waals surface area contributed by atoms with E-state index in [1.165, 1.54) is 0 Å². The Morgan fingerprint density at radius 3 is 2.68 bits per heavy atom. The van der Waals surface area contributed by atoms with Crippen molar-refractivity contribution >= 4 is 17.5 Å². The molecule has 0 spiro atoms. The Morgan fingerprint density at radius 1 is 1.16 bits per heavy atom. The standard InChI is InChI=1S/C23H24ClN3O4/c1-29-20-8-3-15(11-21(20)30-2)9-10-25-23(28)19-12-18-14-31-22(13-27(18)26-19)16-4-6-17(24)7-5-16/h3-8,11-12,22H,9-10,13-14H2,1-2H3,(H,25,28)/t22-/m0/s1. The highest BCUT2D eigenvalue weighted by Gasteiger charge is 2.24. The molecule has 0 saturated carbocycles. The van der Waals surface area contributed by atoms with E-state index in [-0.39, 0.29) is 12.0 Å². The molecular weight excluding hydrogens is 418 g/mol. The summed E-state index contributed by atoms with van der Waals surface area (Å²) < 4.78 is 18.4. The first kappa shape index (κ1) is 21.2. The summed E-state index contributed by atoms with van der Waals surface area (Å²) in [6, 6.07) is 15.1. The quantitative estimate of drug-likeness (QED) is 0.603. The van der Waals surface area contributed by atoms with Crippen molar-refractivity contribution in [2.45, 2.75) is 25.7 Å². The largest absolute Gasteiger partial charge is 0.493 e. The maximum atomic E-state index is 12.6. The summed E-state index contributed by atoms with van der Waals surface area (Å²) >= 11 is 5.96. The summed E-state index contributed by atoms with van der Waals surface area (Å²) in [7, 11) is 3.20. The van der Waals surface area contributed by atoms with Gasteiger partial charge in [0.25, 0.3) is 5.91 Å². The highest BCUT2D eigenvalue weighted by molar-refractivity contribution is 6.30. The number of rotatable bonds is 7. The van der Waals surface area contributed by atoms with Gasteiger partial charge in [0, 0.05) is 11.6 Å². The van der Waals surface area contributed by atoms with E-state index >= 15 is 0 Å². The van der Waals surface area contributed by atoms with Crippen LogP contribution in [-0.4, -0.2) is 36.5 Å². The Morgan fingerprint density at radius 2 is 1.94 bits per heavy atom. The monoisotopic (exact) mass is 441 g/mol. The molecular formula is C23H24ClN3O4. The molecule has 162 valence electrons. The molecule has 0 fully saturated rings. The van der Waals surface area contributed by atoms with E-state index in [0.717, 1.165) is 16.8 Å². The molecule has 8 heteroatoms. The van der Waals surface area contributed by atoms with Crippen molar-refractivity contribution in [3.63, 3.8) is 0 Å². The fourth-order valence-electron chi connectivity index (χ4n) is 3.56. The van der Waals surface area contributed by atoms with Gasteiger partial charge in [-0.2, -0.15) is 5.10 Å². The zero-order valence-electron chi connectivity index (χ0n) is 17.4. The molecule has 2 aromatic carbocycles. The Hall–Kier alpha value is -3.03. The molecule has 3 aromatic rings. The van der Waals surface area contributed by atoms with Crippen LogP contribution in [0.15, 0.2) is 48.5 Å². The number of aromatic nitrogens is 2. The van der Waals surface area contributed by atoms with E-state index < -0.39 is 0 Å². The molecule has 7 nitrogen and oxygen atoms in total. The summed E-state index contributed by atoms with van der Waals surface area (Å²) in [4.78, 5) is 12.6. The summed E-state index contributed by atoms with van der Waals surface area (Å²) in [6.45, 7) is 1.44. The van der Waals surface area contributed by atoms with Crippen LogP contribution in [0.3, 0.4) is 0 Å². The number of halogens is 1. The van der Waals surface area contributed by atoms with Crippen LogP contribution in [0.4, 0.5) is 0 Å². The first-order valence-electron chi connectivity index (χ1n) is 10.0. The Balaban J connectivity index is 1.35. The molecule has 1 N–H and O–H groups in total. The van der Waals surface area contributed by atoms with Crippen LogP contribution in [0, 0.1) is 0 Å². The van der Waals surface area contributed by atoms with E-state index in [1.54, 1.807) is 20.3 Å². The van der Waals surface area contributed by atoms with Gasteiger partial charge in [0.2, 0.25) is 0 Å². The van der Waals surface area contributed by atoms with Gasteiger partial charge in [-0.05, 0) is 47.9 Å².